The number of nitrogens with one attached hydrogen (secondary N) is 1. The van der Waals surface area contributed by atoms with Crippen LogP contribution in [0.4, 0.5) is 0 Å². The maximum atomic E-state index is 9.17. The van der Waals surface area contributed by atoms with Crippen LogP contribution < -0.4 is 5.32 Å². The number of rotatable bonds is 3. The van der Waals surface area contributed by atoms with E-state index in [4.69, 9.17) is 0 Å². The van der Waals surface area contributed by atoms with Gasteiger partial charge in [-0.1, -0.05) is 26.7 Å². The summed E-state index contributed by atoms with van der Waals surface area (Å²) in [5, 5.41) is 12.6. The van der Waals surface area contributed by atoms with Crippen molar-refractivity contribution in [1.29, 1.82) is 0 Å². The minimum atomic E-state index is -0.218. The molecule has 3 unspecified atom stereocenters. The number of aliphatic hydroxyl groups excluding tert-OH is 1. The van der Waals surface area contributed by atoms with Crippen molar-refractivity contribution in [2.45, 2.75) is 52.2 Å². The molecule has 0 aliphatic heterocycles. The standard InChI is InChI=1S/C11H23NO/c1-8-5-4-6-11(10(8)3)12-7-9(2)13/h8-13H,4-7H2,1-3H3/t8?,9-,10?,11?/m0/s1. The second kappa shape index (κ2) is 4.97. The number of hydrogen-bond donors (Lipinski definition) is 2. The summed E-state index contributed by atoms with van der Waals surface area (Å²) < 4.78 is 0. The van der Waals surface area contributed by atoms with E-state index in [1.54, 1.807) is 0 Å². The fraction of sp³-hybridized carbons (Fsp3) is 1.00. The Labute approximate surface area is 81.7 Å². The Bertz CT molecular complexity index is 147. The summed E-state index contributed by atoms with van der Waals surface area (Å²) in [4.78, 5) is 0. The van der Waals surface area contributed by atoms with Crippen molar-refractivity contribution in [2.75, 3.05) is 6.54 Å². The van der Waals surface area contributed by atoms with Crippen molar-refractivity contribution in [2.24, 2.45) is 11.8 Å². The van der Waals surface area contributed by atoms with Gasteiger partial charge in [-0.05, 0) is 25.2 Å². The molecule has 1 aliphatic carbocycles. The SMILES string of the molecule is CC1CCCC(NC[C@H](C)O)C1C. The van der Waals surface area contributed by atoms with Crippen LogP contribution in [0.3, 0.4) is 0 Å². The van der Waals surface area contributed by atoms with E-state index >= 15 is 0 Å². The first-order valence-corrected chi connectivity index (χ1v) is 5.52. The van der Waals surface area contributed by atoms with Gasteiger partial charge in [0.05, 0.1) is 6.10 Å². The molecule has 0 saturated heterocycles. The smallest absolute Gasteiger partial charge is 0.0636 e. The van der Waals surface area contributed by atoms with E-state index < -0.39 is 0 Å². The minimum absolute atomic E-state index is 0.218. The summed E-state index contributed by atoms with van der Waals surface area (Å²) >= 11 is 0. The third-order valence-electron chi connectivity index (χ3n) is 3.38. The summed E-state index contributed by atoms with van der Waals surface area (Å²) in [6.45, 7) is 7.23. The Morgan fingerprint density at radius 1 is 1.38 bits per heavy atom. The van der Waals surface area contributed by atoms with Crippen LogP contribution in [0, 0.1) is 11.8 Å². The van der Waals surface area contributed by atoms with Gasteiger partial charge in [-0.15, -0.1) is 0 Å². The highest BCUT2D eigenvalue weighted by Gasteiger charge is 2.26. The van der Waals surface area contributed by atoms with Crippen molar-refractivity contribution in [3.05, 3.63) is 0 Å². The van der Waals surface area contributed by atoms with E-state index in [1.807, 2.05) is 6.92 Å². The van der Waals surface area contributed by atoms with Crippen LogP contribution in [0.5, 0.6) is 0 Å². The molecule has 0 spiro atoms. The highest BCUT2D eigenvalue weighted by Crippen LogP contribution is 2.29. The van der Waals surface area contributed by atoms with Gasteiger partial charge < -0.3 is 10.4 Å². The Morgan fingerprint density at radius 3 is 2.69 bits per heavy atom. The topological polar surface area (TPSA) is 32.3 Å². The lowest BCUT2D eigenvalue weighted by Gasteiger charge is -2.35. The van der Waals surface area contributed by atoms with Crippen molar-refractivity contribution in [3.8, 4) is 0 Å². The molecule has 1 aliphatic rings. The van der Waals surface area contributed by atoms with Crippen LogP contribution in [-0.4, -0.2) is 23.8 Å². The lowest BCUT2D eigenvalue weighted by molar-refractivity contribution is 0.156. The molecule has 0 radical (unpaired) electrons. The van der Waals surface area contributed by atoms with Gasteiger partial charge in [0.15, 0.2) is 0 Å². The summed E-state index contributed by atoms with van der Waals surface area (Å²) in [5.74, 6) is 1.59. The number of aliphatic hydroxyl groups is 1. The van der Waals surface area contributed by atoms with E-state index in [9.17, 15) is 5.11 Å². The molecule has 1 rings (SSSR count). The van der Waals surface area contributed by atoms with Crippen LogP contribution in [0.15, 0.2) is 0 Å². The van der Waals surface area contributed by atoms with Crippen molar-refractivity contribution >= 4 is 0 Å². The molecule has 2 heteroatoms. The zero-order valence-electron chi connectivity index (χ0n) is 9.09. The zero-order valence-corrected chi connectivity index (χ0v) is 9.09. The second-order valence-corrected chi connectivity index (χ2v) is 4.63. The van der Waals surface area contributed by atoms with Gasteiger partial charge in [0, 0.05) is 12.6 Å². The fourth-order valence-electron chi connectivity index (χ4n) is 2.19. The largest absolute Gasteiger partial charge is 0.392 e. The first kappa shape index (κ1) is 11.0. The maximum absolute atomic E-state index is 9.17. The van der Waals surface area contributed by atoms with Gasteiger partial charge in [-0.25, -0.2) is 0 Å². The molecule has 0 aromatic carbocycles. The van der Waals surface area contributed by atoms with E-state index in [-0.39, 0.29) is 6.10 Å². The van der Waals surface area contributed by atoms with Crippen LogP contribution >= 0.6 is 0 Å². The fourth-order valence-corrected chi connectivity index (χ4v) is 2.19. The summed E-state index contributed by atoms with van der Waals surface area (Å²) in [6, 6.07) is 0.623. The van der Waals surface area contributed by atoms with Crippen molar-refractivity contribution in [3.63, 3.8) is 0 Å². The van der Waals surface area contributed by atoms with Crippen LogP contribution in [0.1, 0.15) is 40.0 Å². The quantitative estimate of drug-likeness (QED) is 0.702. The van der Waals surface area contributed by atoms with Gasteiger partial charge in [0.25, 0.3) is 0 Å². The third kappa shape index (κ3) is 3.28. The molecule has 0 heterocycles. The Balaban J connectivity index is 2.31. The zero-order chi connectivity index (χ0) is 9.84. The second-order valence-electron chi connectivity index (χ2n) is 4.63. The van der Waals surface area contributed by atoms with Crippen LogP contribution in [-0.2, 0) is 0 Å². The lowest BCUT2D eigenvalue weighted by Crippen LogP contribution is -2.43. The van der Waals surface area contributed by atoms with Gasteiger partial charge in [-0.2, -0.15) is 0 Å². The van der Waals surface area contributed by atoms with Gasteiger partial charge in [-0.3, -0.25) is 0 Å². The predicted octanol–water partition coefficient (Wildman–Crippen LogP) is 1.78. The Hall–Kier alpha value is -0.0800. The molecule has 78 valence electrons. The molecule has 0 bridgehead atoms. The molecule has 2 N–H and O–H groups in total. The molecular weight excluding hydrogens is 162 g/mol. The molecule has 0 aromatic rings. The summed E-state index contributed by atoms with van der Waals surface area (Å²) in [7, 11) is 0. The molecule has 0 amide bonds. The normalized spacial score (nSPS) is 37.4. The molecular formula is C11H23NO. The maximum Gasteiger partial charge on any atom is 0.0636 e. The van der Waals surface area contributed by atoms with Gasteiger partial charge in [0.1, 0.15) is 0 Å². The van der Waals surface area contributed by atoms with Crippen LogP contribution in [0.2, 0.25) is 0 Å². The summed E-state index contributed by atoms with van der Waals surface area (Å²) in [5.41, 5.74) is 0. The van der Waals surface area contributed by atoms with E-state index in [0.29, 0.717) is 6.04 Å². The molecule has 2 nitrogen and oxygen atoms in total. The van der Waals surface area contributed by atoms with Gasteiger partial charge in [0.2, 0.25) is 0 Å². The van der Waals surface area contributed by atoms with E-state index in [1.165, 1.54) is 19.3 Å². The van der Waals surface area contributed by atoms with Crippen LogP contribution in [0.25, 0.3) is 0 Å². The number of hydrogen-bond acceptors (Lipinski definition) is 2. The third-order valence-corrected chi connectivity index (χ3v) is 3.38. The highest BCUT2D eigenvalue weighted by molar-refractivity contribution is 4.82. The minimum Gasteiger partial charge on any atom is -0.392 e. The first-order chi connectivity index (χ1) is 6.11. The van der Waals surface area contributed by atoms with Gasteiger partial charge >= 0.3 is 0 Å². The molecule has 0 aromatic heterocycles. The Morgan fingerprint density at radius 2 is 2.08 bits per heavy atom. The van der Waals surface area contributed by atoms with E-state index in [2.05, 4.69) is 19.2 Å². The molecule has 4 atom stereocenters. The van der Waals surface area contributed by atoms with Crippen molar-refractivity contribution < 1.29 is 5.11 Å². The van der Waals surface area contributed by atoms with E-state index in [0.717, 1.165) is 18.4 Å². The lowest BCUT2D eigenvalue weighted by atomic mass is 9.78. The summed E-state index contributed by atoms with van der Waals surface area (Å²) in [6.07, 6.45) is 3.76. The average molecular weight is 185 g/mol. The highest BCUT2D eigenvalue weighted by atomic mass is 16.3. The molecule has 1 fully saturated rings. The molecule has 1 saturated carbocycles. The monoisotopic (exact) mass is 185 g/mol. The molecule has 13 heavy (non-hydrogen) atoms. The first-order valence-electron chi connectivity index (χ1n) is 5.52. The van der Waals surface area contributed by atoms with Crippen molar-refractivity contribution in [1.82, 2.24) is 5.32 Å². The predicted molar refractivity (Wildman–Crippen MR) is 55.7 cm³/mol. The Kier molecular flexibility index (Phi) is 4.20. The average Bonchev–Trinajstić information content (AvgIpc) is 2.07.